The highest BCUT2D eigenvalue weighted by molar-refractivity contribution is 6.30. The van der Waals surface area contributed by atoms with Crippen molar-refractivity contribution in [3.05, 3.63) is 52.1 Å². The highest BCUT2D eigenvalue weighted by Gasteiger charge is 2.36. The molecular weight excluding hydrogens is 380 g/mol. The van der Waals surface area contributed by atoms with Crippen molar-refractivity contribution in [2.75, 3.05) is 0 Å². The number of hydrogen-bond donors (Lipinski definition) is 0. The zero-order valence-corrected chi connectivity index (χ0v) is 15.8. The Bertz CT molecular complexity index is 1130. The van der Waals surface area contributed by atoms with Crippen LogP contribution in [0.3, 0.4) is 0 Å². The Balaban J connectivity index is 2.30. The average Bonchev–Trinajstić information content (AvgIpc) is 2.63. The second-order valence-corrected chi connectivity index (χ2v) is 6.30. The van der Waals surface area contributed by atoms with E-state index in [1.54, 1.807) is 0 Å². The number of fused-ring (bicyclic) bond motifs is 2. The van der Waals surface area contributed by atoms with E-state index in [2.05, 4.69) is 0 Å². The molecule has 0 fully saturated rings. The van der Waals surface area contributed by atoms with Crippen LogP contribution in [0.15, 0.2) is 24.3 Å². The van der Waals surface area contributed by atoms with Gasteiger partial charge < -0.3 is 14.2 Å². The van der Waals surface area contributed by atoms with Gasteiger partial charge in [-0.05, 0) is 30.7 Å². The van der Waals surface area contributed by atoms with Crippen LogP contribution in [0, 0.1) is 6.90 Å². The molecule has 148 valence electrons. The first-order valence-electron chi connectivity index (χ1n) is 9.12. The molecule has 0 heterocycles. The van der Waals surface area contributed by atoms with Crippen molar-refractivity contribution in [1.82, 2.24) is 0 Å². The highest BCUT2D eigenvalue weighted by Crippen LogP contribution is 2.40. The van der Waals surface area contributed by atoms with E-state index in [4.69, 9.17) is 15.6 Å². The Kier molecular flexibility index (Phi) is 4.67. The number of esters is 3. The SMILES string of the molecule is [3H]Cc1cc(OC(C)=O)c2c(c1)C(=O)c1cc(OC(C)=O)cc(OC(C)=O)c1C2=O. The number of ether oxygens (including phenoxy) is 3. The molecule has 0 radical (unpaired) electrons. The third-order valence-corrected chi connectivity index (χ3v) is 3.95. The van der Waals surface area contributed by atoms with Gasteiger partial charge in [0.05, 0.1) is 11.1 Å². The van der Waals surface area contributed by atoms with Crippen molar-refractivity contribution >= 4 is 29.5 Å². The van der Waals surface area contributed by atoms with Gasteiger partial charge in [0.1, 0.15) is 17.2 Å². The van der Waals surface area contributed by atoms with Gasteiger partial charge in [0.25, 0.3) is 0 Å². The molecule has 0 aliphatic heterocycles. The van der Waals surface area contributed by atoms with Gasteiger partial charge in [0.2, 0.25) is 5.78 Å². The van der Waals surface area contributed by atoms with E-state index < -0.39 is 29.5 Å². The normalized spacial score (nSPS) is 12.4. The molecule has 1 aliphatic rings. The largest absolute Gasteiger partial charge is 0.427 e. The number of ketones is 2. The molecule has 0 saturated carbocycles. The van der Waals surface area contributed by atoms with E-state index in [1.165, 1.54) is 18.2 Å². The van der Waals surface area contributed by atoms with Crippen LogP contribution in [0.2, 0.25) is 0 Å². The maximum absolute atomic E-state index is 13.3. The van der Waals surface area contributed by atoms with Gasteiger partial charge in [0.15, 0.2) is 5.78 Å². The Morgan fingerprint density at radius 3 is 1.76 bits per heavy atom. The summed E-state index contributed by atoms with van der Waals surface area (Å²) < 4.78 is 22.8. The molecule has 0 atom stereocenters. The minimum absolute atomic E-state index is 0.0674. The average molecular weight is 398 g/mol. The Morgan fingerprint density at radius 2 is 1.24 bits per heavy atom. The summed E-state index contributed by atoms with van der Waals surface area (Å²) in [6.45, 7) is 3.18. The third kappa shape index (κ3) is 3.77. The lowest BCUT2D eigenvalue weighted by molar-refractivity contribution is -0.133. The number of rotatable bonds is 3. The Morgan fingerprint density at radius 1 is 0.724 bits per heavy atom. The summed E-state index contributed by atoms with van der Waals surface area (Å²) in [5.74, 6) is -4.00. The summed E-state index contributed by atoms with van der Waals surface area (Å²) in [5.41, 5.74) is -0.245. The topological polar surface area (TPSA) is 113 Å². The molecule has 0 aromatic heterocycles. The van der Waals surface area contributed by atoms with Gasteiger partial charge >= 0.3 is 17.9 Å². The molecule has 3 rings (SSSR count). The number of benzene rings is 2. The molecule has 2 aromatic carbocycles. The fourth-order valence-corrected chi connectivity index (χ4v) is 3.05. The highest BCUT2D eigenvalue weighted by atomic mass is 16.5. The van der Waals surface area contributed by atoms with E-state index in [9.17, 15) is 24.0 Å². The van der Waals surface area contributed by atoms with Crippen molar-refractivity contribution < 1.29 is 39.6 Å². The van der Waals surface area contributed by atoms with Crippen LogP contribution in [0.1, 0.15) is 59.5 Å². The molecule has 0 spiro atoms. The van der Waals surface area contributed by atoms with E-state index in [0.717, 1.165) is 26.8 Å². The summed E-state index contributed by atoms with van der Waals surface area (Å²) in [6, 6.07) is 5.05. The predicted molar refractivity (Wildman–Crippen MR) is 98.4 cm³/mol. The minimum atomic E-state index is -0.756. The number of aryl methyl sites for hydroxylation is 1. The van der Waals surface area contributed by atoms with Gasteiger partial charge in [-0.15, -0.1) is 0 Å². The van der Waals surface area contributed by atoms with Crippen molar-refractivity contribution in [3.63, 3.8) is 0 Å². The van der Waals surface area contributed by atoms with Crippen molar-refractivity contribution in [2.24, 2.45) is 0 Å². The van der Waals surface area contributed by atoms with Crippen LogP contribution in [-0.2, 0) is 14.4 Å². The molecule has 2 aromatic rings. The van der Waals surface area contributed by atoms with Crippen LogP contribution < -0.4 is 14.2 Å². The predicted octanol–water partition coefficient (Wildman–Crippen LogP) is 2.55. The molecule has 8 nitrogen and oxygen atoms in total. The minimum Gasteiger partial charge on any atom is -0.427 e. The third-order valence-electron chi connectivity index (χ3n) is 3.95. The zero-order chi connectivity index (χ0) is 22.2. The van der Waals surface area contributed by atoms with Gasteiger partial charge in [-0.3, -0.25) is 24.0 Å². The molecule has 0 N–H and O–H groups in total. The fourth-order valence-electron chi connectivity index (χ4n) is 3.05. The quantitative estimate of drug-likeness (QED) is 0.489. The first-order chi connectivity index (χ1) is 14.1. The van der Waals surface area contributed by atoms with E-state index in [-0.39, 0.29) is 46.4 Å². The van der Waals surface area contributed by atoms with Crippen molar-refractivity contribution in [1.29, 1.82) is 0 Å². The molecule has 1 aliphatic carbocycles. The molecule has 0 saturated heterocycles. The lowest BCUT2D eigenvalue weighted by Crippen LogP contribution is -2.24. The molecular formula is C21H16O8. The second kappa shape index (κ2) is 7.31. The van der Waals surface area contributed by atoms with Gasteiger partial charge in [-0.1, -0.05) is 0 Å². The number of hydrogen-bond acceptors (Lipinski definition) is 8. The smallest absolute Gasteiger partial charge is 0.308 e. The molecule has 0 unspecified atom stereocenters. The van der Waals surface area contributed by atoms with Crippen LogP contribution in [0.5, 0.6) is 17.2 Å². The van der Waals surface area contributed by atoms with Crippen LogP contribution >= 0.6 is 0 Å². The Labute approximate surface area is 166 Å². The zero-order valence-electron chi connectivity index (χ0n) is 16.8. The maximum atomic E-state index is 13.3. The van der Waals surface area contributed by atoms with Gasteiger partial charge in [0, 0.05) is 39.3 Å². The lowest BCUT2D eigenvalue weighted by Gasteiger charge is -2.22. The van der Waals surface area contributed by atoms with E-state index in [0.29, 0.717) is 5.56 Å². The Hall–Kier alpha value is -3.81. The molecule has 0 bridgehead atoms. The van der Waals surface area contributed by atoms with Crippen LogP contribution in [0.4, 0.5) is 0 Å². The monoisotopic (exact) mass is 398 g/mol. The van der Waals surface area contributed by atoms with Crippen LogP contribution in [0.25, 0.3) is 0 Å². The standard InChI is InChI=1S/C21H16O8/c1-9-5-14-18(16(6-9)28-11(3)23)21(26)19-15(20(14)25)7-13(27-10(2)22)8-17(19)29-12(4)24/h5-8H,1-4H3/i1T. The summed E-state index contributed by atoms with van der Waals surface area (Å²) in [4.78, 5) is 60.9. The maximum Gasteiger partial charge on any atom is 0.308 e. The molecule has 8 heteroatoms. The van der Waals surface area contributed by atoms with E-state index in [1.807, 2.05) is 0 Å². The van der Waals surface area contributed by atoms with E-state index >= 15 is 0 Å². The van der Waals surface area contributed by atoms with Gasteiger partial charge in [-0.2, -0.15) is 0 Å². The van der Waals surface area contributed by atoms with Gasteiger partial charge in [-0.25, -0.2) is 0 Å². The number of carbonyl (C=O) groups excluding carboxylic acids is 5. The molecule has 0 amide bonds. The second-order valence-electron chi connectivity index (χ2n) is 6.30. The van der Waals surface area contributed by atoms with Crippen LogP contribution in [-0.4, -0.2) is 29.5 Å². The fraction of sp³-hybridized carbons (Fsp3) is 0.190. The summed E-state index contributed by atoms with van der Waals surface area (Å²) in [7, 11) is 0. The summed E-state index contributed by atoms with van der Waals surface area (Å²) >= 11 is 0. The summed E-state index contributed by atoms with van der Waals surface area (Å²) in [5, 5.41) is 0. The van der Waals surface area contributed by atoms with Crippen molar-refractivity contribution in [3.8, 4) is 17.2 Å². The molecule has 29 heavy (non-hydrogen) atoms. The van der Waals surface area contributed by atoms with Crippen molar-refractivity contribution in [2.45, 2.75) is 27.7 Å². The number of carbonyl (C=O) groups is 5. The summed E-state index contributed by atoms with van der Waals surface area (Å²) in [6.07, 6.45) is 0. The first kappa shape index (κ1) is 18.5. The first-order valence-corrected chi connectivity index (χ1v) is 8.41. The lowest BCUT2D eigenvalue weighted by atomic mass is 9.82.